The standard InChI is InChI=1S/C8H7BrO4/c1-12-7-4-5(8(10)13-11)2-3-6(7)9/h2-4,11H,1H3. The third kappa shape index (κ3) is 2.19. The van der Waals surface area contributed by atoms with Crippen LogP contribution in [-0.4, -0.2) is 18.3 Å². The van der Waals surface area contributed by atoms with Crippen LogP contribution < -0.4 is 4.74 Å². The fourth-order valence-electron chi connectivity index (χ4n) is 0.839. The Labute approximate surface area is 83.1 Å². The molecule has 0 bridgehead atoms. The number of halogens is 1. The molecule has 0 amide bonds. The van der Waals surface area contributed by atoms with Gasteiger partial charge < -0.3 is 4.74 Å². The number of methoxy groups -OCH3 is 1. The largest absolute Gasteiger partial charge is 0.496 e. The number of benzene rings is 1. The maximum Gasteiger partial charge on any atom is 0.372 e. The Bertz CT molecular complexity index is 324. The Morgan fingerprint density at radius 3 is 2.77 bits per heavy atom. The van der Waals surface area contributed by atoms with Gasteiger partial charge in [-0.05, 0) is 34.1 Å². The van der Waals surface area contributed by atoms with E-state index < -0.39 is 5.97 Å². The zero-order valence-electron chi connectivity index (χ0n) is 6.78. The molecule has 0 atom stereocenters. The predicted molar refractivity (Wildman–Crippen MR) is 48.7 cm³/mol. The summed E-state index contributed by atoms with van der Waals surface area (Å²) >= 11 is 3.22. The molecule has 1 N–H and O–H groups in total. The number of rotatable bonds is 2. The lowest BCUT2D eigenvalue weighted by molar-refractivity contribution is -0.182. The Hall–Kier alpha value is -1.07. The summed E-state index contributed by atoms with van der Waals surface area (Å²) in [6, 6.07) is 4.60. The molecule has 0 radical (unpaired) electrons. The van der Waals surface area contributed by atoms with E-state index >= 15 is 0 Å². The molecule has 70 valence electrons. The summed E-state index contributed by atoms with van der Waals surface area (Å²) in [7, 11) is 1.48. The van der Waals surface area contributed by atoms with Crippen molar-refractivity contribution in [2.24, 2.45) is 0 Å². The molecule has 0 spiro atoms. The average Bonchev–Trinajstić information content (AvgIpc) is 2.17. The van der Waals surface area contributed by atoms with Gasteiger partial charge in [0.1, 0.15) is 5.75 Å². The third-order valence-electron chi connectivity index (χ3n) is 1.47. The molecule has 0 aromatic heterocycles. The maximum atomic E-state index is 10.8. The molecule has 1 rings (SSSR count). The normalized spacial score (nSPS) is 9.46. The highest BCUT2D eigenvalue weighted by Gasteiger charge is 2.09. The summed E-state index contributed by atoms with van der Waals surface area (Å²) in [5.74, 6) is -0.311. The van der Waals surface area contributed by atoms with Crippen molar-refractivity contribution < 1.29 is 19.7 Å². The van der Waals surface area contributed by atoms with Gasteiger partial charge in [0.2, 0.25) is 0 Å². The van der Waals surface area contributed by atoms with Gasteiger partial charge in [0, 0.05) is 0 Å². The monoisotopic (exact) mass is 246 g/mol. The summed E-state index contributed by atoms with van der Waals surface area (Å²) in [5.41, 5.74) is 0.225. The summed E-state index contributed by atoms with van der Waals surface area (Å²) in [6.45, 7) is 0. The minimum absolute atomic E-state index is 0.225. The van der Waals surface area contributed by atoms with Gasteiger partial charge in [-0.15, -0.1) is 0 Å². The second kappa shape index (κ2) is 4.25. The predicted octanol–water partition coefficient (Wildman–Crippen LogP) is 2.09. The van der Waals surface area contributed by atoms with Gasteiger partial charge >= 0.3 is 5.97 Å². The SMILES string of the molecule is COc1cc(C(=O)OO)ccc1Br. The lowest BCUT2D eigenvalue weighted by Gasteiger charge is -2.03. The van der Waals surface area contributed by atoms with Gasteiger partial charge in [0.15, 0.2) is 0 Å². The Kier molecular flexibility index (Phi) is 3.27. The summed E-state index contributed by atoms with van der Waals surface area (Å²) in [4.78, 5) is 14.4. The van der Waals surface area contributed by atoms with Crippen LogP contribution in [0.2, 0.25) is 0 Å². The number of hydrogen-bond acceptors (Lipinski definition) is 4. The van der Waals surface area contributed by atoms with Crippen LogP contribution in [-0.2, 0) is 4.89 Å². The van der Waals surface area contributed by atoms with E-state index in [1.54, 1.807) is 6.07 Å². The first kappa shape index (κ1) is 10.0. The summed E-state index contributed by atoms with van der Waals surface area (Å²) in [6.07, 6.45) is 0. The van der Waals surface area contributed by atoms with Crippen LogP contribution in [0.25, 0.3) is 0 Å². The Balaban J connectivity index is 3.06. The molecule has 0 saturated carbocycles. The quantitative estimate of drug-likeness (QED) is 0.642. The van der Waals surface area contributed by atoms with E-state index in [0.29, 0.717) is 5.75 Å². The van der Waals surface area contributed by atoms with Crippen LogP contribution >= 0.6 is 15.9 Å². The minimum Gasteiger partial charge on any atom is -0.496 e. The highest BCUT2D eigenvalue weighted by molar-refractivity contribution is 9.10. The number of carbonyl (C=O) groups is 1. The molecule has 0 fully saturated rings. The van der Waals surface area contributed by atoms with Crippen LogP contribution in [0.1, 0.15) is 10.4 Å². The Morgan fingerprint density at radius 1 is 1.54 bits per heavy atom. The smallest absolute Gasteiger partial charge is 0.372 e. The van der Waals surface area contributed by atoms with Gasteiger partial charge in [0.05, 0.1) is 17.1 Å². The van der Waals surface area contributed by atoms with E-state index in [-0.39, 0.29) is 5.56 Å². The van der Waals surface area contributed by atoms with E-state index in [1.807, 2.05) is 0 Å². The first-order valence-corrected chi connectivity index (χ1v) is 4.17. The van der Waals surface area contributed by atoms with Crippen molar-refractivity contribution in [3.05, 3.63) is 28.2 Å². The second-order valence-electron chi connectivity index (χ2n) is 2.23. The fourth-order valence-corrected chi connectivity index (χ4v) is 1.25. The highest BCUT2D eigenvalue weighted by atomic mass is 79.9. The average molecular weight is 247 g/mol. The lowest BCUT2D eigenvalue weighted by atomic mass is 10.2. The van der Waals surface area contributed by atoms with Crippen LogP contribution in [0.5, 0.6) is 5.75 Å². The molecule has 1 aromatic rings. The first-order valence-electron chi connectivity index (χ1n) is 3.38. The zero-order chi connectivity index (χ0) is 9.84. The minimum atomic E-state index is -0.814. The van der Waals surface area contributed by atoms with E-state index in [9.17, 15) is 4.79 Å². The molecule has 0 saturated heterocycles. The summed E-state index contributed by atoms with van der Waals surface area (Å²) in [5, 5.41) is 8.12. The maximum absolute atomic E-state index is 10.8. The molecule has 0 heterocycles. The van der Waals surface area contributed by atoms with Gasteiger partial charge in [-0.2, -0.15) is 5.26 Å². The summed E-state index contributed by atoms with van der Waals surface area (Å²) < 4.78 is 5.67. The molecule has 0 unspecified atom stereocenters. The van der Waals surface area contributed by atoms with E-state index in [0.717, 1.165) is 4.47 Å². The first-order chi connectivity index (χ1) is 6.19. The Morgan fingerprint density at radius 2 is 2.23 bits per heavy atom. The van der Waals surface area contributed by atoms with Crippen molar-refractivity contribution in [3.63, 3.8) is 0 Å². The van der Waals surface area contributed by atoms with E-state index in [1.165, 1.54) is 19.2 Å². The molecule has 0 aliphatic rings. The zero-order valence-corrected chi connectivity index (χ0v) is 8.37. The van der Waals surface area contributed by atoms with Gasteiger partial charge in [-0.1, -0.05) is 0 Å². The van der Waals surface area contributed by atoms with Gasteiger partial charge in [-0.3, -0.25) is 4.89 Å². The fraction of sp³-hybridized carbons (Fsp3) is 0.125. The molecule has 0 aliphatic carbocycles. The van der Waals surface area contributed by atoms with Crippen molar-refractivity contribution >= 4 is 21.9 Å². The van der Waals surface area contributed by atoms with Crippen molar-refractivity contribution in [2.75, 3.05) is 7.11 Å². The molecule has 0 aliphatic heterocycles. The molecule has 4 nitrogen and oxygen atoms in total. The van der Waals surface area contributed by atoms with Crippen molar-refractivity contribution in [2.45, 2.75) is 0 Å². The topological polar surface area (TPSA) is 55.8 Å². The van der Waals surface area contributed by atoms with Crippen molar-refractivity contribution in [1.29, 1.82) is 0 Å². The number of ether oxygens (including phenoxy) is 1. The molecular weight excluding hydrogens is 240 g/mol. The molecule has 1 aromatic carbocycles. The van der Waals surface area contributed by atoms with E-state index in [4.69, 9.17) is 9.99 Å². The van der Waals surface area contributed by atoms with Crippen molar-refractivity contribution in [3.8, 4) is 5.75 Å². The van der Waals surface area contributed by atoms with Crippen LogP contribution in [0, 0.1) is 0 Å². The third-order valence-corrected chi connectivity index (χ3v) is 2.12. The van der Waals surface area contributed by atoms with E-state index in [2.05, 4.69) is 20.8 Å². The number of carbonyl (C=O) groups excluding carboxylic acids is 1. The van der Waals surface area contributed by atoms with Crippen LogP contribution in [0.3, 0.4) is 0 Å². The molecule has 5 heteroatoms. The number of hydrogen-bond donors (Lipinski definition) is 1. The lowest BCUT2D eigenvalue weighted by Crippen LogP contribution is -2.01. The van der Waals surface area contributed by atoms with Crippen molar-refractivity contribution in [1.82, 2.24) is 0 Å². The van der Waals surface area contributed by atoms with Gasteiger partial charge in [0.25, 0.3) is 0 Å². The molecule has 13 heavy (non-hydrogen) atoms. The second-order valence-corrected chi connectivity index (χ2v) is 3.08. The highest BCUT2D eigenvalue weighted by Crippen LogP contribution is 2.25. The molecular formula is C8H7BrO4. The van der Waals surface area contributed by atoms with Crippen LogP contribution in [0.15, 0.2) is 22.7 Å². The van der Waals surface area contributed by atoms with Crippen LogP contribution in [0.4, 0.5) is 0 Å². The van der Waals surface area contributed by atoms with Gasteiger partial charge in [-0.25, -0.2) is 4.79 Å².